The van der Waals surface area contributed by atoms with Gasteiger partial charge in [0.15, 0.2) is 0 Å². The van der Waals surface area contributed by atoms with Gasteiger partial charge in [-0.05, 0) is 25.2 Å². The molecule has 0 nitrogen and oxygen atoms in total. The molecule has 1 aliphatic rings. The lowest BCUT2D eigenvalue weighted by Crippen LogP contribution is -1.88. The van der Waals surface area contributed by atoms with Crippen molar-refractivity contribution in [2.45, 2.75) is 46.5 Å². The van der Waals surface area contributed by atoms with Gasteiger partial charge >= 0.3 is 0 Å². The van der Waals surface area contributed by atoms with Gasteiger partial charge in [-0.15, -0.1) is 0 Å². The zero-order valence-electron chi connectivity index (χ0n) is 8.56. The Hall–Kier alpha value is -0.520. The van der Waals surface area contributed by atoms with E-state index >= 15 is 0 Å². The van der Waals surface area contributed by atoms with E-state index in [0.29, 0.717) is 0 Å². The molecule has 0 spiro atoms. The molecule has 0 aromatic heterocycles. The smallest absolute Gasteiger partial charge is 0.0127 e. The fourth-order valence-electron chi connectivity index (χ4n) is 1.56. The van der Waals surface area contributed by atoms with Crippen LogP contribution in [0.5, 0.6) is 0 Å². The Labute approximate surface area is 76.4 Å². The molecule has 1 aliphatic carbocycles. The van der Waals surface area contributed by atoms with Crippen molar-refractivity contribution in [3.8, 4) is 0 Å². The van der Waals surface area contributed by atoms with E-state index in [1.807, 2.05) is 0 Å². The van der Waals surface area contributed by atoms with Crippen LogP contribution in [0.4, 0.5) is 0 Å². The maximum Gasteiger partial charge on any atom is -0.0127 e. The Morgan fingerprint density at radius 3 is 2.67 bits per heavy atom. The van der Waals surface area contributed by atoms with Crippen molar-refractivity contribution in [1.29, 1.82) is 0 Å². The molecule has 0 amide bonds. The van der Waals surface area contributed by atoms with E-state index in [1.54, 1.807) is 11.1 Å². The topological polar surface area (TPSA) is 0 Å². The van der Waals surface area contributed by atoms with Crippen molar-refractivity contribution >= 4 is 0 Å². The third-order valence-corrected chi connectivity index (χ3v) is 2.53. The van der Waals surface area contributed by atoms with E-state index in [2.05, 4.69) is 32.9 Å². The fourth-order valence-corrected chi connectivity index (χ4v) is 1.56. The first-order valence-corrected chi connectivity index (χ1v) is 5.13. The number of unbranched alkanes of at least 4 members (excludes halogenated alkanes) is 1. The highest BCUT2D eigenvalue weighted by Gasteiger charge is 2.08. The monoisotopic (exact) mass is 164 g/mol. The first kappa shape index (κ1) is 9.57. The van der Waals surface area contributed by atoms with E-state index in [4.69, 9.17) is 0 Å². The minimum Gasteiger partial charge on any atom is -0.0772 e. The second-order valence-corrected chi connectivity index (χ2v) is 3.96. The Morgan fingerprint density at radius 1 is 1.42 bits per heavy atom. The summed E-state index contributed by atoms with van der Waals surface area (Å²) in [7, 11) is 0. The molecule has 0 atom stereocenters. The van der Waals surface area contributed by atoms with Gasteiger partial charge in [0, 0.05) is 0 Å². The van der Waals surface area contributed by atoms with Crippen LogP contribution in [0.2, 0.25) is 0 Å². The second kappa shape index (κ2) is 4.49. The molecule has 1 rings (SSSR count). The van der Waals surface area contributed by atoms with Crippen molar-refractivity contribution in [2.24, 2.45) is 5.92 Å². The predicted octanol–water partition coefficient (Wildman–Crippen LogP) is 4.09. The third-order valence-electron chi connectivity index (χ3n) is 2.53. The van der Waals surface area contributed by atoms with E-state index in [-0.39, 0.29) is 0 Å². The number of allylic oxidation sites excluding steroid dienone is 4. The number of hydrogen-bond donors (Lipinski definition) is 0. The van der Waals surface area contributed by atoms with Crippen LogP contribution in [-0.2, 0) is 0 Å². The molecule has 0 bridgehead atoms. The zero-order valence-corrected chi connectivity index (χ0v) is 8.56. The summed E-state index contributed by atoms with van der Waals surface area (Å²) in [5, 5.41) is 0. The second-order valence-electron chi connectivity index (χ2n) is 3.96. The predicted molar refractivity (Wildman–Crippen MR) is 55.1 cm³/mol. The SMILES string of the molecule is CCCCC1=CCC(C(C)C)=C1. The van der Waals surface area contributed by atoms with Crippen molar-refractivity contribution in [1.82, 2.24) is 0 Å². The van der Waals surface area contributed by atoms with Gasteiger partial charge < -0.3 is 0 Å². The highest BCUT2D eigenvalue weighted by atomic mass is 14.1. The highest BCUT2D eigenvalue weighted by Crippen LogP contribution is 2.26. The lowest BCUT2D eigenvalue weighted by Gasteiger charge is -2.03. The van der Waals surface area contributed by atoms with Crippen LogP contribution in [0.25, 0.3) is 0 Å². The maximum absolute atomic E-state index is 2.40. The van der Waals surface area contributed by atoms with Crippen LogP contribution in [0.15, 0.2) is 23.3 Å². The van der Waals surface area contributed by atoms with E-state index in [9.17, 15) is 0 Å². The van der Waals surface area contributed by atoms with Crippen LogP contribution in [0, 0.1) is 5.92 Å². The van der Waals surface area contributed by atoms with Gasteiger partial charge in [-0.3, -0.25) is 0 Å². The molecule has 0 aromatic rings. The summed E-state index contributed by atoms with van der Waals surface area (Å²) in [6.07, 6.45) is 9.94. The molecule has 0 aliphatic heterocycles. The third kappa shape index (κ3) is 2.51. The van der Waals surface area contributed by atoms with Crippen LogP contribution >= 0.6 is 0 Å². The molecule has 68 valence electrons. The average Bonchev–Trinajstić information content (AvgIpc) is 2.48. The van der Waals surface area contributed by atoms with Crippen molar-refractivity contribution in [3.05, 3.63) is 23.3 Å². The zero-order chi connectivity index (χ0) is 8.97. The van der Waals surface area contributed by atoms with Gasteiger partial charge in [0.2, 0.25) is 0 Å². The van der Waals surface area contributed by atoms with Crippen LogP contribution in [-0.4, -0.2) is 0 Å². The summed E-state index contributed by atoms with van der Waals surface area (Å²) in [6.45, 7) is 6.81. The summed E-state index contributed by atoms with van der Waals surface area (Å²) in [4.78, 5) is 0. The first-order valence-electron chi connectivity index (χ1n) is 5.13. The minimum atomic E-state index is 0.736. The van der Waals surface area contributed by atoms with Crippen LogP contribution in [0.1, 0.15) is 46.5 Å². The Kier molecular flexibility index (Phi) is 3.58. The molecule has 0 fully saturated rings. The van der Waals surface area contributed by atoms with Crippen molar-refractivity contribution in [3.63, 3.8) is 0 Å². The van der Waals surface area contributed by atoms with Crippen LogP contribution in [0.3, 0.4) is 0 Å². The summed E-state index contributed by atoms with van der Waals surface area (Å²) < 4.78 is 0. The summed E-state index contributed by atoms with van der Waals surface area (Å²) in [6, 6.07) is 0. The van der Waals surface area contributed by atoms with E-state index < -0.39 is 0 Å². The van der Waals surface area contributed by atoms with Gasteiger partial charge in [-0.1, -0.05) is 50.5 Å². The molecule has 0 saturated heterocycles. The van der Waals surface area contributed by atoms with Crippen LogP contribution < -0.4 is 0 Å². The van der Waals surface area contributed by atoms with Gasteiger partial charge in [0.25, 0.3) is 0 Å². The Morgan fingerprint density at radius 2 is 2.17 bits per heavy atom. The molecule has 0 saturated carbocycles. The van der Waals surface area contributed by atoms with Crippen molar-refractivity contribution in [2.75, 3.05) is 0 Å². The van der Waals surface area contributed by atoms with E-state index in [0.717, 1.165) is 5.92 Å². The first-order chi connectivity index (χ1) is 5.74. The molecular weight excluding hydrogens is 144 g/mol. The summed E-state index contributed by atoms with van der Waals surface area (Å²) >= 11 is 0. The molecule has 0 aromatic carbocycles. The molecule has 0 heteroatoms. The Balaban J connectivity index is 2.39. The summed E-state index contributed by atoms with van der Waals surface area (Å²) in [5.41, 5.74) is 3.18. The molecule has 0 radical (unpaired) electrons. The Bertz CT molecular complexity index is 194. The lowest BCUT2D eigenvalue weighted by atomic mass is 10.0. The average molecular weight is 164 g/mol. The van der Waals surface area contributed by atoms with Crippen molar-refractivity contribution < 1.29 is 0 Å². The summed E-state index contributed by atoms with van der Waals surface area (Å²) in [5.74, 6) is 0.736. The minimum absolute atomic E-state index is 0.736. The van der Waals surface area contributed by atoms with Gasteiger partial charge in [-0.2, -0.15) is 0 Å². The fraction of sp³-hybridized carbons (Fsp3) is 0.667. The molecule has 0 heterocycles. The quantitative estimate of drug-likeness (QED) is 0.587. The van der Waals surface area contributed by atoms with Gasteiger partial charge in [0.1, 0.15) is 0 Å². The standard InChI is InChI=1S/C12H20/c1-4-5-6-11-7-8-12(9-11)10(2)3/h7,9-10H,4-6,8H2,1-3H3. The number of rotatable bonds is 4. The lowest BCUT2D eigenvalue weighted by molar-refractivity contribution is 0.752. The molecular formula is C12H20. The molecule has 0 unspecified atom stereocenters. The largest absolute Gasteiger partial charge is 0.0772 e. The van der Waals surface area contributed by atoms with E-state index in [1.165, 1.54) is 25.7 Å². The molecule has 0 N–H and O–H groups in total. The maximum atomic E-state index is 2.40. The van der Waals surface area contributed by atoms with Gasteiger partial charge in [-0.25, -0.2) is 0 Å². The molecule has 12 heavy (non-hydrogen) atoms. The number of hydrogen-bond acceptors (Lipinski definition) is 0. The normalized spacial score (nSPS) is 16.7. The van der Waals surface area contributed by atoms with Gasteiger partial charge in [0.05, 0.1) is 0 Å². The highest BCUT2D eigenvalue weighted by molar-refractivity contribution is 5.33.